The third-order valence-corrected chi connectivity index (χ3v) is 6.70. The molecule has 1 aliphatic rings. The van der Waals surface area contributed by atoms with Crippen molar-refractivity contribution in [2.75, 3.05) is 6.61 Å². The summed E-state index contributed by atoms with van der Waals surface area (Å²) in [5, 5.41) is 55.4. The third-order valence-electron chi connectivity index (χ3n) is 5.65. The fourth-order valence-electron chi connectivity index (χ4n) is 3.73. The summed E-state index contributed by atoms with van der Waals surface area (Å²) in [6, 6.07) is 14.3. The second-order valence-corrected chi connectivity index (χ2v) is 9.09. The summed E-state index contributed by atoms with van der Waals surface area (Å²) < 4.78 is 5.41. The first-order valence-corrected chi connectivity index (χ1v) is 11.6. The molecule has 33 heavy (non-hydrogen) atoms. The van der Waals surface area contributed by atoms with E-state index >= 15 is 0 Å². The highest BCUT2D eigenvalue weighted by Crippen LogP contribution is 2.37. The third kappa shape index (κ3) is 4.99. The second kappa shape index (κ2) is 9.94. The summed E-state index contributed by atoms with van der Waals surface area (Å²) >= 11 is 7.97. The van der Waals surface area contributed by atoms with Crippen LogP contribution in [0.2, 0.25) is 5.02 Å². The van der Waals surface area contributed by atoms with Crippen LogP contribution in [0, 0.1) is 11.8 Å². The van der Waals surface area contributed by atoms with Gasteiger partial charge in [0.05, 0.1) is 6.61 Å². The van der Waals surface area contributed by atoms with Gasteiger partial charge in [-0.2, -0.15) is 11.3 Å². The van der Waals surface area contributed by atoms with Gasteiger partial charge in [-0.05, 0) is 53.3 Å². The Bertz CT molecular complexity index is 1150. The molecule has 0 unspecified atom stereocenters. The summed E-state index contributed by atoms with van der Waals surface area (Å²) in [5.74, 6) is 3.89. The van der Waals surface area contributed by atoms with Crippen LogP contribution >= 0.6 is 22.9 Å². The molecule has 0 amide bonds. The standard InChI is InChI=1S/C25H23ClO6S/c26-20-8-7-19(25(31)24(30)23(29)22(28)21(13-27)32-25)12-18(20)11-16-4-1-15(2-5-16)3-6-17-9-10-33-14-17/h1-2,4-5,7-10,12,14,21-24,27-31H,11,13H2/t21-,22-,23+,24-,25-/m1/s1. The van der Waals surface area contributed by atoms with Crippen molar-refractivity contribution in [3.8, 4) is 11.8 Å². The maximum atomic E-state index is 11.0. The average molecular weight is 487 g/mol. The van der Waals surface area contributed by atoms with Crippen LogP contribution in [0.5, 0.6) is 0 Å². The number of hydrogen-bond donors (Lipinski definition) is 5. The van der Waals surface area contributed by atoms with Crippen molar-refractivity contribution in [1.82, 2.24) is 0 Å². The molecule has 6 nitrogen and oxygen atoms in total. The van der Waals surface area contributed by atoms with Crippen LogP contribution in [-0.4, -0.2) is 56.6 Å². The molecular formula is C25H23ClO6S. The molecule has 0 spiro atoms. The van der Waals surface area contributed by atoms with Gasteiger partial charge in [-0.25, -0.2) is 0 Å². The first-order valence-electron chi connectivity index (χ1n) is 10.3. The lowest BCUT2D eigenvalue weighted by atomic mass is 9.87. The molecule has 1 fully saturated rings. The van der Waals surface area contributed by atoms with Crippen LogP contribution in [0.3, 0.4) is 0 Å². The molecule has 0 radical (unpaired) electrons. The Balaban J connectivity index is 1.56. The highest BCUT2D eigenvalue weighted by Gasteiger charge is 2.53. The molecule has 0 saturated carbocycles. The molecule has 0 aliphatic carbocycles. The number of halogens is 1. The SMILES string of the molecule is OC[C@H]1O[C@](O)(c2ccc(Cl)c(Cc3ccc(C#Cc4ccsc4)cc3)c2)[C@H](O)[C@@H](O)[C@@H]1O. The van der Waals surface area contributed by atoms with Crippen LogP contribution in [-0.2, 0) is 16.9 Å². The van der Waals surface area contributed by atoms with Crippen LogP contribution in [0.25, 0.3) is 0 Å². The monoisotopic (exact) mass is 486 g/mol. The van der Waals surface area contributed by atoms with Crippen molar-refractivity contribution >= 4 is 22.9 Å². The summed E-state index contributed by atoms with van der Waals surface area (Å²) in [5.41, 5.74) is 3.61. The molecule has 0 bridgehead atoms. The largest absolute Gasteiger partial charge is 0.394 e. The van der Waals surface area contributed by atoms with E-state index in [1.165, 1.54) is 6.07 Å². The Kier molecular flexibility index (Phi) is 7.19. The minimum absolute atomic E-state index is 0.150. The Morgan fingerprint density at radius 1 is 0.970 bits per heavy atom. The Morgan fingerprint density at radius 3 is 2.36 bits per heavy atom. The smallest absolute Gasteiger partial charge is 0.222 e. The zero-order valence-electron chi connectivity index (χ0n) is 17.4. The van der Waals surface area contributed by atoms with E-state index in [0.717, 1.165) is 16.7 Å². The zero-order chi connectivity index (χ0) is 23.6. The summed E-state index contributed by atoms with van der Waals surface area (Å²) in [6.07, 6.45) is -5.91. The van der Waals surface area contributed by atoms with Crippen LogP contribution in [0.4, 0.5) is 0 Å². The Labute approximate surface area is 200 Å². The molecule has 5 atom stereocenters. The van der Waals surface area contributed by atoms with Crippen molar-refractivity contribution in [3.63, 3.8) is 0 Å². The van der Waals surface area contributed by atoms with Crippen LogP contribution in [0.1, 0.15) is 27.8 Å². The maximum Gasteiger partial charge on any atom is 0.222 e. The zero-order valence-corrected chi connectivity index (χ0v) is 19.0. The molecule has 1 aromatic heterocycles. The fourth-order valence-corrected chi connectivity index (χ4v) is 4.50. The molecule has 3 aromatic rings. The van der Waals surface area contributed by atoms with Crippen molar-refractivity contribution in [2.45, 2.75) is 36.6 Å². The molecule has 4 rings (SSSR count). The molecule has 2 heterocycles. The topological polar surface area (TPSA) is 110 Å². The van der Waals surface area contributed by atoms with Crippen LogP contribution < -0.4 is 0 Å². The number of aliphatic hydroxyl groups is 5. The van der Waals surface area contributed by atoms with E-state index in [4.69, 9.17) is 16.3 Å². The minimum Gasteiger partial charge on any atom is -0.394 e. The lowest BCUT2D eigenvalue weighted by molar-refractivity contribution is -0.357. The van der Waals surface area contributed by atoms with E-state index in [9.17, 15) is 25.5 Å². The van der Waals surface area contributed by atoms with Gasteiger partial charge in [-0.3, -0.25) is 0 Å². The van der Waals surface area contributed by atoms with Gasteiger partial charge in [0, 0.05) is 27.1 Å². The van der Waals surface area contributed by atoms with Crippen molar-refractivity contribution in [1.29, 1.82) is 0 Å². The van der Waals surface area contributed by atoms with Gasteiger partial charge in [-0.15, -0.1) is 0 Å². The quantitative estimate of drug-likeness (QED) is 0.361. The van der Waals surface area contributed by atoms with Gasteiger partial charge < -0.3 is 30.3 Å². The van der Waals surface area contributed by atoms with Gasteiger partial charge in [0.1, 0.15) is 24.4 Å². The highest BCUT2D eigenvalue weighted by molar-refractivity contribution is 7.08. The fraction of sp³-hybridized carbons (Fsp3) is 0.280. The average Bonchev–Trinajstić information content (AvgIpc) is 3.35. The summed E-state index contributed by atoms with van der Waals surface area (Å²) in [7, 11) is 0. The van der Waals surface area contributed by atoms with Gasteiger partial charge in [-0.1, -0.05) is 41.6 Å². The first-order chi connectivity index (χ1) is 15.8. The molecule has 1 saturated heterocycles. The number of hydrogen-bond acceptors (Lipinski definition) is 7. The Morgan fingerprint density at radius 2 is 1.70 bits per heavy atom. The van der Waals surface area contributed by atoms with Gasteiger partial charge in [0.2, 0.25) is 5.79 Å². The second-order valence-electron chi connectivity index (χ2n) is 7.90. The predicted octanol–water partition coefficient (Wildman–Crippen LogP) is 2.01. The molecular weight excluding hydrogens is 464 g/mol. The van der Waals surface area contributed by atoms with Crippen molar-refractivity contribution < 1.29 is 30.3 Å². The number of ether oxygens (including phenoxy) is 1. The number of benzene rings is 2. The number of rotatable bonds is 4. The first kappa shape index (κ1) is 23.9. The van der Waals surface area contributed by atoms with Crippen LogP contribution in [0.15, 0.2) is 59.3 Å². The minimum atomic E-state index is -2.33. The number of thiophene rings is 1. The van der Waals surface area contributed by atoms with E-state index in [1.54, 1.807) is 23.5 Å². The van der Waals surface area contributed by atoms with E-state index < -0.39 is 36.8 Å². The maximum absolute atomic E-state index is 11.0. The summed E-state index contributed by atoms with van der Waals surface area (Å²) in [6.45, 7) is -0.643. The molecule has 1 aliphatic heterocycles. The van der Waals surface area contributed by atoms with E-state index in [0.29, 0.717) is 17.0 Å². The Hall–Kier alpha value is -2.25. The molecule has 2 aromatic carbocycles. The van der Waals surface area contributed by atoms with E-state index in [-0.39, 0.29) is 5.56 Å². The van der Waals surface area contributed by atoms with Gasteiger partial charge in [0.25, 0.3) is 0 Å². The van der Waals surface area contributed by atoms with E-state index in [1.807, 2.05) is 41.1 Å². The normalized spacial score (nSPS) is 27.1. The van der Waals surface area contributed by atoms with Crippen molar-refractivity contribution in [3.05, 3.63) is 92.1 Å². The highest BCUT2D eigenvalue weighted by atomic mass is 35.5. The molecule has 172 valence electrons. The molecule has 8 heteroatoms. The lowest BCUT2D eigenvalue weighted by Gasteiger charge is -2.45. The van der Waals surface area contributed by atoms with Gasteiger partial charge >= 0.3 is 0 Å². The molecule has 5 N–H and O–H groups in total. The predicted molar refractivity (Wildman–Crippen MR) is 125 cm³/mol. The lowest BCUT2D eigenvalue weighted by Crippen LogP contribution is -2.63. The number of aliphatic hydroxyl groups excluding tert-OH is 4. The van der Waals surface area contributed by atoms with E-state index in [2.05, 4.69) is 11.8 Å². The summed E-state index contributed by atoms with van der Waals surface area (Å²) in [4.78, 5) is 0. The van der Waals surface area contributed by atoms with Gasteiger partial charge in [0.15, 0.2) is 0 Å². The van der Waals surface area contributed by atoms with Crippen molar-refractivity contribution in [2.24, 2.45) is 0 Å².